The summed E-state index contributed by atoms with van der Waals surface area (Å²) >= 11 is 11.9. The number of hydrogen-bond acceptors (Lipinski definition) is 3. The summed E-state index contributed by atoms with van der Waals surface area (Å²) in [6.07, 6.45) is 0. The molecule has 0 saturated carbocycles. The van der Waals surface area contributed by atoms with Crippen molar-refractivity contribution in [3.63, 3.8) is 0 Å². The molecular formula is C16H24Cl3N3O2. The Hall–Kier alpha value is -1.01. The first-order valence-corrected chi connectivity index (χ1v) is 8.10. The Bertz CT molecular complexity index is 592. The molecule has 8 heteroatoms. The fourth-order valence-electron chi connectivity index (χ4n) is 1.94. The first-order valence-electron chi connectivity index (χ1n) is 7.34. The van der Waals surface area contributed by atoms with E-state index in [0.717, 1.165) is 5.56 Å². The molecule has 0 spiro atoms. The molecule has 1 aromatic rings. The Morgan fingerprint density at radius 3 is 2.29 bits per heavy atom. The summed E-state index contributed by atoms with van der Waals surface area (Å²) in [5.41, 5.74) is 5.88. The van der Waals surface area contributed by atoms with Gasteiger partial charge in [-0.25, -0.2) is 0 Å². The normalized spacial score (nSPS) is 12.3. The summed E-state index contributed by atoms with van der Waals surface area (Å²) in [6, 6.07) is 4.54. The van der Waals surface area contributed by atoms with Crippen molar-refractivity contribution >= 4 is 47.4 Å². The Morgan fingerprint density at radius 2 is 1.79 bits per heavy atom. The van der Waals surface area contributed by atoms with Gasteiger partial charge in [0.1, 0.15) is 0 Å². The van der Waals surface area contributed by atoms with Crippen LogP contribution in [0.2, 0.25) is 10.0 Å². The van der Waals surface area contributed by atoms with E-state index in [1.165, 1.54) is 0 Å². The fourth-order valence-corrected chi connectivity index (χ4v) is 2.24. The smallest absolute Gasteiger partial charge is 0.240 e. The predicted molar refractivity (Wildman–Crippen MR) is 101 cm³/mol. The molecular weight excluding hydrogens is 373 g/mol. The van der Waals surface area contributed by atoms with Gasteiger partial charge in [-0.15, -0.1) is 12.4 Å². The lowest BCUT2D eigenvalue weighted by molar-refractivity contribution is -0.128. The van der Waals surface area contributed by atoms with E-state index in [2.05, 4.69) is 10.6 Å². The fraction of sp³-hybridized carbons (Fsp3) is 0.500. The minimum absolute atomic E-state index is 0. The van der Waals surface area contributed by atoms with E-state index >= 15 is 0 Å². The maximum Gasteiger partial charge on any atom is 0.240 e. The molecule has 2 amide bonds. The number of amides is 2. The summed E-state index contributed by atoms with van der Waals surface area (Å²) in [5.74, 6) is -0.654. The topological polar surface area (TPSA) is 84.2 Å². The molecule has 1 aromatic carbocycles. The van der Waals surface area contributed by atoms with E-state index in [0.29, 0.717) is 10.0 Å². The van der Waals surface area contributed by atoms with Crippen LogP contribution < -0.4 is 16.4 Å². The average molecular weight is 397 g/mol. The van der Waals surface area contributed by atoms with Crippen molar-refractivity contribution in [2.24, 2.45) is 11.7 Å². The maximum absolute atomic E-state index is 12.1. The number of carbonyl (C=O) groups is 2. The highest BCUT2D eigenvalue weighted by Gasteiger charge is 2.24. The van der Waals surface area contributed by atoms with Crippen LogP contribution in [0.4, 0.5) is 0 Å². The van der Waals surface area contributed by atoms with Crippen molar-refractivity contribution in [1.29, 1.82) is 0 Å². The molecule has 0 aliphatic heterocycles. The molecule has 0 radical (unpaired) electrons. The van der Waals surface area contributed by atoms with E-state index in [4.69, 9.17) is 28.9 Å². The van der Waals surface area contributed by atoms with Crippen molar-refractivity contribution in [1.82, 2.24) is 10.6 Å². The summed E-state index contributed by atoms with van der Waals surface area (Å²) in [7, 11) is 0. The number of rotatable bonds is 6. The molecule has 0 heterocycles. The zero-order chi connectivity index (χ0) is 17.8. The molecule has 0 saturated heterocycles. The molecule has 0 aliphatic carbocycles. The van der Waals surface area contributed by atoms with Crippen molar-refractivity contribution in [3.05, 3.63) is 33.8 Å². The quantitative estimate of drug-likeness (QED) is 0.691. The molecule has 1 rings (SSSR count). The van der Waals surface area contributed by atoms with Crippen LogP contribution in [-0.4, -0.2) is 24.4 Å². The van der Waals surface area contributed by atoms with Gasteiger partial charge in [-0.2, -0.15) is 0 Å². The molecule has 0 fully saturated rings. The lowest BCUT2D eigenvalue weighted by Gasteiger charge is -2.27. The Morgan fingerprint density at radius 1 is 1.21 bits per heavy atom. The van der Waals surface area contributed by atoms with Crippen molar-refractivity contribution in [2.75, 3.05) is 6.54 Å². The van der Waals surface area contributed by atoms with Crippen molar-refractivity contribution in [3.8, 4) is 0 Å². The molecule has 136 valence electrons. The van der Waals surface area contributed by atoms with Gasteiger partial charge in [0.05, 0.1) is 28.2 Å². The highest BCUT2D eigenvalue weighted by molar-refractivity contribution is 6.42. The third-order valence-electron chi connectivity index (χ3n) is 3.54. The third-order valence-corrected chi connectivity index (χ3v) is 4.28. The number of carbonyl (C=O) groups excluding carboxylic acids is 2. The van der Waals surface area contributed by atoms with Gasteiger partial charge in [-0.3, -0.25) is 9.59 Å². The van der Waals surface area contributed by atoms with Crippen LogP contribution >= 0.6 is 35.6 Å². The monoisotopic (exact) mass is 395 g/mol. The van der Waals surface area contributed by atoms with Gasteiger partial charge in [0.15, 0.2) is 0 Å². The van der Waals surface area contributed by atoms with Gasteiger partial charge < -0.3 is 16.4 Å². The summed E-state index contributed by atoms with van der Waals surface area (Å²) in [6.45, 7) is 7.23. The highest BCUT2D eigenvalue weighted by atomic mass is 35.5. The summed E-state index contributed by atoms with van der Waals surface area (Å²) in [5, 5.41) is 6.25. The molecule has 4 N–H and O–H groups in total. The molecule has 1 atom stereocenters. The van der Waals surface area contributed by atoms with Gasteiger partial charge >= 0.3 is 0 Å². The van der Waals surface area contributed by atoms with Gasteiger partial charge in [-0.05, 0) is 37.5 Å². The largest absolute Gasteiger partial charge is 0.346 e. The van der Waals surface area contributed by atoms with E-state index in [1.807, 2.05) is 27.7 Å². The minimum Gasteiger partial charge on any atom is -0.346 e. The highest BCUT2D eigenvalue weighted by Crippen LogP contribution is 2.28. The lowest BCUT2D eigenvalue weighted by Crippen LogP contribution is -2.50. The van der Waals surface area contributed by atoms with Crippen molar-refractivity contribution < 1.29 is 9.59 Å². The maximum atomic E-state index is 12.1. The first-order chi connectivity index (χ1) is 10.5. The first kappa shape index (κ1) is 23.0. The second kappa shape index (κ2) is 9.47. The second-order valence-corrected chi connectivity index (χ2v) is 7.10. The zero-order valence-electron chi connectivity index (χ0n) is 14.2. The SMILES string of the molecule is CC(C)[C@H](N)C(=O)NCC(=O)NC(C)(C)c1ccc(Cl)c(Cl)c1.Cl. The Kier molecular flexibility index (Phi) is 9.07. The van der Waals surface area contributed by atoms with Gasteiger partial charge in [0, 0.05) is 0 Å². The van der Waals surface area contributed by atoms with Crippen LogP contribution in [0.5, 0.6) is 0 Å². The molecule has 0 bridgehead atoms. The molecule has 0 aliphatic rings. The third kappa shape index (κ3) is 6.48. The number of benzene rings is 1. The zero-order valence-corrected chi connectivity index (χ0v) is 16.5. The van der Waals surface area contributed by atoms with Gasteiger partial charge in [0.25, 0.3) is 0 Å². The van der Waals surface area contributed by atoms with Crippen LogP contribution in [0.15, 0.2) is 18.2 Å². The Labute approximate surface area is 159 Å². The van der Waals surface area contributed by atoms with Crippen LogP contribution in [0.3, 0.4) is 0 Å². The van der Waals surface area contributed by atoms with Crippen LogP contribution in [-0.2, 0) is 15.1 Å². The van der Waals surface area contributed by atoms with E-state index < -0.39 is 11.6 Å². The molecule has 24 heavy (non-hydrogen) atoms. The average Bonchev–Trinajstić information content (AvgIpc) is 2.46. The van der Waals surface area contributed by atoms with Gasteiger partial charge in [-0.1, -0.05) is 43.1 Å². The van der Waals surface area contributed by atoms with E-state index in [1.54, 1.807) is 18.2 Å². The number of hydrogen-bond donors (Lipinski definition) is 3. The summed E-state index contributed by atoms with van der Waals surface area (Å²) < 4.78 is 0. The second-order valence-electron chi connectivity index (χ2n) is 6.29. The van der Waals surface area contributed by atoms with Gasteiger partial charge in [0.2, 0.25) is 11.8 Å². The standard InChI is InChI=1S/C16H23Cl2N3O2.ClH/c1-9(2)14(19)15(23)20-8-13(22)21-16(3,4)10-5-6-11(17)12(18)7-10;/h5-7,9,14H,8,19H2,1-4H3,(H,20,23)(H,21,22);1H/t14-;/m0./s1. The minimum atomic E-state index is -0.657. The molecule has 0 aromatic heterocycles. The summed E-state index contributed by atoms with van der Waals surface area (Å²) in [4.78, 5) is 23.8. The van der Waals surface area contributed by atoms with Crippen LogP contribution in [0, 0.1) is 5.92 Å². The number of nitrogens with one attached hydrogen (secondary N) is 2. The van der Waals surface area contributed by atoms with Crippen LogP contribution in [0.1, 0.15) is 33.3 Å². The van der Waals surface area contributed by atoms with E-state index in [9.17, 15) is 9.59 Å². The lowest BCUT2D eigenvalue weighted by atomic mass is 9.94. The number of halogens is 3. The molecule has 5 nitrogen and oxygen atoms in total. The number of nitrogens with two attached hydrogens (primary N) is 1. The van der Waals surface area contributed by atoms with Crippen LogP contribution in [0.25, 0.3) is 0 Å². The molecule has 0 unspecified atom stereocenters. The Balaban J connectivity index is 0.00000529. The van der Waals surface area contributed by atoms with Crippen molar-refractivity contribution in [2.45, 2.75) is 39.3 Å². The van der Waals surface area contributed by atoms with E-state index in [-0.39, 0.29) is 36.7 Å². The predicted octanol–water partition coefficient (Wildman–Crippen LogP) is 2.87.